The summed E-state index contributed by atoms with van der Waals surface area (Å²) in [5, 5.41) is 14.0. The molecule has 8 nitrogen and oxygen atoms in total. The fourth-order valence-electron chi connectivity index (χ4n) is 2.99. The van der Waals surface area contributed by atoms with Gasteiger partial charge >= 0.3 is 0 Å². The van der Waals surface area contributed by atoms with Gasteiger partial charge in [0.15, 0.2) is 0 Å². The van der Waals surface area contributed by atoms with E-state index in [-0.39, 0.29) is 5.91 Å². The fraction of sp³-hybridized carbons (Fsp3) is 0.235. The monoisotopic (exact) mass is 335 g/mol. The van der Waals surface area contributed by atoms with E-state index < -0.39 is 0 Å². The molecule has 8 heteroatoms. The number of hydrogen-bond acceptors (Lipinski definition) is 6. The van der Waals surface area contributed by atoms with Crippen molar-refractivity contribution in [2.75, 3.05) is 31.1 Å². The highest BCUT2D eigenvalue weighted by Gasteiger charge is 2.25. The molecule has 3 aromatic rings. The van der Waals surface area contributed by atoms with Crippen molar-refractivity contribution < 1.29 is 4.79 Å². The summed E-state index contributed by atoms with van der Waals surface area (Å²) in [6.45, 7) is 2.81. The molecule has 0 aliphatic carbocycles. The molecule has 1 saturated heterocycles. The molecule has 3 heterocycles. The summed E-state index contributed by atoms with van der Waals surface area (Å²) in [6, 6.07) is 13.2. The molecular weight excluding hydrogens is 318 g/mol. The van der Waals surface area contributed by atoms with E-state index in [2.05, 4.69) is 30.5 Å². The summed E-state index contributed by atoms with van der Waals surface area (Å²) < 4.78 is 0. The SMILES string of the molecule is O=C(c1ccccc1-c1nn[nH]n1)N1CCN(c2ccccn2)CC1. The lowest BCUT2D eigenvalue weighted by molar-refractivity contribution is 0.0747. The second kappa shape index (κ2) is 6.68. The van der Waals surface area contributed by atoms with Crippen LogP contribution in [0.5, 0.6) is 0 Å². The molecule has 0 unspecified atom stereocenters. The van der Waals surface area contributed by atoms with E-state index in [9.17, 15) is 4.79 Å². The van der Waals surface area contributed by atoms with Gasteiger partial charge in [0.1, 0.15) is 5.82 Å². The number of nitrogens with one attached hydrogen (secondary N) is 1. The van der Waals surface area contributed by atoms with Gasteiger partial charge in [0.05, 0.1) is 5.56 Å². The van der Waals surface area contributed by atoms with E-state index in [4.69, 9.17) is 0 Å². The van der Waals surface area contributed by atoms with Crippen LogP contribution < -0.4 is 4.90 Å². The van der Waals surface area contributed by atoms with Crippen LogP contribution >= 0.6 is 0 Å². The van der Waals surface area contributed by atoms with E-state index in [0.29, 0.717) is 30.0 Å². The largest absolute Gasteiger partial charge is 0.353 e. The Balaban J connectivity index is 1.50. The number of carbonyl (C=O) groups excluding carboxylic acids is 1. The number of pyridine rings is 1. The van der Waals surface area contributed by atoms with Crippen molar-refractivity contribution >= 4 is 11.7 Å². The lowest BCUT2D eigenvalue weighted by Crippen LogP contribution is -2.49. The van der Waals surface area contributed by atoms with Gasteiger partial charge in [0.2, 0.25) is 5.82 Å². The van der Waals surface area contributed by atoms with Gasteiger partial charge in [-0.3, -0.25) is 4.79 Å². The zero-order valence-electron chi connectivity index (χ0n) is 13.5. The smallest absolute Gasteiger partial charge is 0.254 e. The summed E-state index contributed by atoms with van der Waals surface area (Å²) in [5.41, 5.74) is 1.28. The predicted octanol–water partition coefficient (Wildman–Crippen LogP) is 1.22. The van der Waals surface area contributed by atoms with Crippen molar-refractivity contribution in [3.05, 3.63) is 54.2 Å². The number of aromatic amines is 1. The molecule has 0 atom stereocenters. The van der Waals surface area contributed by atoms with Gasteiger partial charge < -0.3 is 9.80 Å². The quantitative estimate of drug-likeness (QED) is 0.774. The Morgan fingerprint density at radius 1 is 1.00 bits per heavy atom. The van der Waals surface area contributed by atoms with Gasteiger partial charge in [-0.2, -0.15) is 5.21 Å². The van der Waals surface area contributed by atoms with E-state index in [1.165, 1.54) is 0 Å². The minimum Gasteiger partial charge on any atom is -0.353 e. The van der Waals surface area contributed by atoms with Crippen LogP contribution in [0.15, 0.2) is 48.7 Å². The molecule has 126 valence electrons. The topological polar surface area (TPSA) is 90.9 Å². The van der Waals surface area contributed by atoms with E-state index in [1.54, 1.807) is 12.3 Å². The molecule has 1 N–H and O–H groups in total. The molecular formula is C17H17N7O. The van der Waals surface area contributed by atoms with Crippen molar-refractivity contribution in [1.29, 1.82) is 0 Å². The Bertz CT molecular complexity index is 842. The Morgan fingerprint density at radius 3 is 2.52 bits per heavy atom. The average molecular weight is 335 g/mol. The highest BCUT2D eigenvalue weighted by atomic mass is 16.2. The van der Waals surface area contributed by atoms with Crippen LogP contribution in [0.2, 0.25) is 0 Å². The highest BCUT2D eigenvalue weighted by molar-refractivity contribution is 6.00. The number of nitrogens with zero attached hydrogens (tertiary/aromatic N) is 6. The highest BCUT2D eigenvalue weighted by Crippen LogP contribution is 2.22. The van der Waals surface area contributed by atoms with Crippen LogP contribution in [-0.2, 0) is 0 Å². The maximum Gasteiger partial charge on any atom is 0.254 e. The molecule has 25 heavy (non-hydrogen) atoms. The Morgan fingerprint density at radius 2 is 1.80 bits per heavy atom. The Kier molecular flexibility index (Phi) is 4.07. The molecule has 4 rings (SSSR count). The molecule has 0 saturated carbocycles. The Hall–Kier alpha value is -3.29. The lowest BCUT2D eigenvalue weighted by Gasteiger charge is -2.35. The molecule has 0 spiro atoms. The minimum atomic E-state index is -0.0129. The first-order valence-electron chi connectivity index (χ1n) is 8.11. The van der Waals surface area contributed by atoms with Crippen molar-refractivity contribution in [3.63, 3.8) is 0 Å². The summed E-state index contributed by atoms with van der Waals surface area (Å²) in [4.78, 5) is 21.4. The summed E-state index contributed by atoms with van der Waals surface area (Å²) in [6.07, 6.45) is 1.79. The summed E-state index contributed by atoms with van der Waals surface area (Å²) in [5.74, 6) is 1.36. The standard InChI is InChI=1S/C17H17N7O/c25-17(14-6-2-1-5-13(14)16-19-21-22-20-16)24-11-9-23(10-12-24)15-7-3-4-8-18-15/h1-8H,9-12H2,(H,19,20,21,22). The van der Waals surface area contributed by atoms with Crippen LogP contribution in [0, 0.1) is 0 Å². The first-order valence-corrected chi connectivity index (χ1v) is 8.11. The molecule has 1 amide bonds. The van der Waals surface area contributed by atoms with Crippen molar-refractivity contribution in [2.45, 2.75) is 0 Å². The first-order chi connectivity index (χ1) is 12.3. The van der Waals surface area contributed by atoms with E-state index >= 15 is 0 Å². The number of aromatic nitrogens is 5. The van der Waals surface area contributed by atoms with Crippen LogP contribution in [0.3, 0.4) is 0 Å². The minimum absolute atomic E-state index is 0.0129. The summed E-state index contributed by atoms with van der Waals surface area (Å²) >= 11 is 0. The van der Waals surface area contributed by atoms with Crippen LogP contribution in [0.4, 0.5) is 5.82 Å². The number of anilines is 1. The van der Waals surface area contributed by atoms with E-state index in [0.717, 1.165) is 18.9 Å². The van der Waals surface area contributed by atoms with Crippen molar-refractivity contribution in [3.8, 4) is 11.4 Å². The fourth-order valence-corrected chi connectivity index (χ4v) is 2.99. The average Bonchev–Trinajstić information content (AvgIpc) is 3.23. The number of piperazine rings is 1. The third-order valence-corrected chi connectivity index (χ3v) is 4.28. The number of benzene rings is 1. The number of tetrazole rings is 1. The van der Waals surface area contributed by atoms with Crippen molar-refractivity contribution in [2.24, 2.45) is 0 Å². The number of carbonyl (C=O) groups is 1. The summed E-state index contributed by atoms with van der Waals surface area (Å²) in [7, 11) is 0. The molecule has 1 aromatic carbocycles. The molecule has 1 fully saturated rings. The number of hydrogen-bond donors (Lipinski definition) is 1. The third-order valence-electron chi connectivity index (χ3n) is 4.28. The van der Waals surface area contributed by atoms with Gasteiger partial charge in [0, 0.05) is 37.9 Å². The predicted molar refractivity (Wildman–Crippen MR) is 92.0 cm³/mol. The molecule has 0 bridgehead atoms. The maximum atomic E-state index is 13.0. The normalized spacial score (nSPS) is 14.6. The molecule has 1 aliphatic rings. The number of amides is 1. The lowest BCUT2D eigenvalue weighted by atomic mass is 10.1. The zero-order chi connectivity index (χ0) is 17.1. The Labute approximate surface area is 144 Å². The molecule has 1 aliphatic heterocycles. The second-order valence-corrected chi connectivity index (χ2v) is 5.75. The third kappa shape index (κ3) is 3.06. The molecule has 2 aromatic heterocycles. The van der Waals surface area contributed by atoms with Crippen molar-refractivity contribution in [1.82, 2.24) is 30.5 Å². The van der Waals surface area contributed by atoms with Gasteiger partial charge in [-0.25, -0.2) is 4.98 Å². The first kappa shape index (κ1) is 15.3. The number of H-pyrrole nitrogens is 1. The van der Waals surface area contributed by atoms with Gasteiger partial charge in [0.25, 0.3) is 5.91 Å². The van der Waals surface area contributed by atoms with Gasteiger partial charge in [-0.1, -0.05) is 24.3 Å². The molecule has 0 radical (unpaired) electrons. The van der Waals surface area contributed by atoms with Crippen LogP contribution in [-0.4, -0.2) is 62.6 Å². The van der Waals surface area contributed by atoms with Gasteiger partial charge in [-0.05, 0) is 23.4 Å². The zero-order valence-corrected chi connectivity index (χ0v) is 13.5. The van der Waals surface area contributed by atoms with Gasteiger partial charge in [-0.15, -0.1) is 10.2 Å². The second-order valence-electron chi connectivity index (χ2n) is 5.75. The van der Waals surface area contributed by atoms with Crippen LogP contribution in [0.25, 0.3) is 11.4 Å². The number of rotatable bonds is 3. The maximum absolute atomic E-state index is 13.0. The van der Waals surface area contributed by atoms with Crippen LogP contribution in [0.1, 0.15) is 10.4 Å². The van der Waals surface area contributed by atoms with E-state index in [1.807, 2.05) is 41.3 Å².